The molecule has 170 valence electrons. The Bertz CT molecular complexity index is 1330. The molecule has 1 saturated heterocycles. The van der Waals surface area contributed by atoms with E-state index < -0.39 is 0 Å². The van der Waals surface area contributed by atoms with Crippen LogP contribution in [0.3, 0.4) is 0 Å². The van der Waals surface area contributed by atoms with Crippen molar-refractivity contribution in [1.29, 1.82) is 0 Å². The van der Waals surface area contributed by atoms with Gasteiger partial charge in [0.2, 0.25) is 5.95 Å². The average molecular weight is 444 g/mol. The van der Waals surface area contributed by atoms with Crippen molar-refractivity contribution >= 4 is 11.6 Å². The van der Waals surface area contributed by atoms with Gasteiger partial charge in [0.1, 0.15) is 0 Å². The number of piperidine rings is 1. The van der Waals surface area contributed by atoms with E-state index >= 15 is 0 Å². The molecule has 1 aliphatic rings. The number of aromatic nitrogens is 5. The van der Waals surface area contributed by atoms with Gasteiger partial charge in [-0.2, -0.15) is 0 Å². The molecule has 1 aliphatic heterocycles. The fourth-order valence-corrected chi connectivity index (χ4v) is 4.72. The largest absolute Gasteiger partial charge is 0.369 e. The van der Waals surface area contributed by atoms with Crippen molar-refractivity contribution in [1.82, 2.24) is 29.0 Å². The number of likely N-dealkylation sites (tertiary alicyclic amines) is 1. The molecule has 0 spiro atoms. The normalized spacial score (nSPS) is 14.7. The number of anilines is 1. The lowest BCUT2D eigenvalue weighted by atomic mass is 9.99. The van der Waals surface area contributed by atoms with Crippen molar-refractivity contribution in [2.75, 3.05) is 25.4 Å². The van der Waals surface area contributed by atoms with Crippen molar-refractivity contribution in [3.05, 3.63) is 64.3 Å². The Morgan fingerprint density at radius 3 is 2.30 bits per heavy atom. The Morgan fingerprint density at radius 2 is 1.61 bits per heavy atom. The van der Waals surface area contributed by atoms with E-state index in [2.05, 4.69) is 14.9 Å². The maximum atomic E-state index is 13.3. The summed E-state index contributed by atoms with van der Waals surface area (Å²) in [5, 5.41) is 4.78. The zero-order valence-electron chi connectivity index (χ0n) is 19.2. The van der Waals surface area contributed by atoms with E-state index in [9.17, 15) is 4.79 Å². The second-order valence-electron chi connectivity index (χ2n) is 8.77. The molecule has 1 aromatic carbocycles. The molecule has 33 heavy (non-hydrogen) atoms. The number of nitrogens with two attached hydrogens (primary N) is 1. The van der Waals surface area contributed by atoms with E-state index in [1.54, 1.807) is 0 Å². The SMILES string of the molecule is Cc1cc(-c2c(-c3ccccc3)nc(N)n3c(=O)n(CCN4CCCCC4)nc23)cc(C)n1. The van der Waals surface area contributed by atoms with E-state index in [4.69, 9.17) is 10.8 Å². The average Bonchev–Trinajstić information content (AvgIpc) is 3.14. The van der Waals surface area contributed by atoms with Crippen molar-refractivity contribution in [3.63, 3.8) is 0 Å². The Morgan fingerprint density at radius 1 is 0.909 bits per heavy atom. The van der Waals surface area contributed by atoms with Crippen molar-refractivity contribution < 1.29 is 0 Å². The topological polar surface area (TPSA) is 94.3 Å². The maximum Gasteiger partial charge on any atom is 0.353 e. The summed E-state index contributed by atoms with van der Waals surface area (Å²) in [6, 6.07) is 13.9. The maximum absolute atomic E-state index is 13.3. The van der Waals surface area contributed by atoms with Crippen LogP contribution in [0, 0.1) is 13.8 Å². The summed E-state index contributed by atoms with van der Waals surface area (Å²) in [6.45, 7) is 7.39. The second-order valence-corrected chi connectivity index (χ2v) is 8.77. The van der Waals surface area contributed by atoms with Crippen LogP contribution in [0.2, 0.25) is 0 Å². The summed E-state index contributed by atoms with van der Waals surface area (Å²) < 4.78 is 2.96. The van der Waals surface area contributed by atoms with Crippen molar-refractivity contribution in [2.45, 2.75) is 39.7 Å². The zero-order chi connectivity index (χ0) is 22.9. The lowest BCUT2D eigenvalue weighted by Crippen LogP contribution is -2.35. The molecule has 0 aliphatic carbocycles. The van der Waals surface area contributed by atoms with Crippen LogP contribution in [0.1, 0.15) is 30.7 Å². The van der Waals surface area contributed by atoms with E-state index in [0.29, 0.717) is 17.9 Å². The number of aryl methyl sites for hydroxylation is 2. The monoisotopic (exact) mass is 443 g/mol. The third kappa shape index (κ3) is 4.14. The molecule has 4 heterocycles. The number of nitrogen functional groups attached to an aromatic ring is 1. The molecule has 0 atom stereocenters. The lowest BCUT2D eigenvalue weighted by molar-refractivity contribution is 0.217. The van der Waals surface area contributed by atoms with Crippen LogP contribution in [0.4, 0.5) is 5.95 Å². The van der Waals surface area contributed by atoms with Crippen LogP contribution in [0.25, 0.3) is 28.0 Å². The Hall–Kier alpha value is -3.52. The third-order valence-corrected chi connectivity index (χ3v) is 6.25. The van der Waals surface area contributed by atoms with Gasteiger partial charge in [-0.25, -0.2) is 18.9 Å². The van der Waals surface area contributed by atoms with Gasteiger partial charge < -0.3 is 10.6 Å². The molecular weight excluding hydrogens is 414 g/mol. The van der Waals surface area contributed by atoms with E-state index in [1.807, 2.05) is 56.3 Å². The molecule has 0 bridgehead atoms. The molecular formula is C25H29N7O. The molecule has 1 fully saturated rings. The molecule has 2 N–H and O–H groups in total. The molecule has 0 radical (unpaired) electrons. The number of nitrogens with zero attached hydrogens (tertiary/aromatic N) is 6. The second kappa shape index (κ2) is 8.78. The van der Waals surface area contributed by atoms with Crippen LogP contribution in [0.15, 0.2) is 47.3 Å². The summed E-state index contributed by atoms with van der Waals surface area (Å²) in [6.07, 6.45) is 3.70. The highest BCUT2D eigenvalue weighted by Gasteiger charge is 2.22. The van der Waals surface area contributed by atoms with Crippen LogP contribution < -0.4 is 11.4 Å². The predicted molar refractivity (Wildman–Crippen MR) is 130 cm³/mol. The van der Waals surface area contributed by atoms with Crippen LogP contribution >= 0.6 is 0 Å². The van der Waals surface area contributed by atoms with E-state index in [1.165, 1.54) is 28.3 Å². The minimum absolute atomic E-state index is 0.143. The molecule has 8 heteroatoms. The molecule has 4 aromatic rings. The van der Waals surface area contributed by atoms with Gasteiger partial charge in [0.05, 0.1) is 17.8 Å². The fraction of sp³-hybridized carbons (Fsp3) is 0.360. The predicted octanol–water partition coefficient (Wildman–Crippen LogP) is 3.30. The molecule has 0 saturated carbocycles. The van der Waals surface area contributed by atoms with Gasteiger partial charge in [0, 0.05) is 23.5 Å². The van der Waals surface area contributed by atoms with Gasteiger partial charge in [-0.15, -0.1) is 5.10 Å². The van der Waals surface area contributed by atoms with Gasteiger partial charge in [-0.1, -0.05) is 36.8 Å². The third-order valence-electron chi connectivity index (χ3n) is 6.25. The Kier molecular flexibility index (Phi) is 5.68. The van der Waals surface area contributed by atoms with Gasteiger partial charge in [-0.05, 0) is 57.5 Å². The lowest BCUT2D eigenvalue weighted by Gasteiger charge is -2.25. The summed E-state index contributed by atoms with van der Waals surface area (Å²) in [5.74, 6) is 0.143. The first-order valence-electron chi connectivity index (χ1n) is 11.5. The highest BCUT2D eigenvalue weighted by atomic mass is 16.2. The van der Waals surface area contributed by atoms with Gasteiger partial charge >= 0.3 is 5.69 Å². The van der Waals surface area contributed by atoms with Crippen LogP contribution in [-0.2, 0) is 6.54 Å². The smallest absolute Gasteiger partial charge is 0.353 e. The van der Waals surface area contributed by atoms with Crippen LogP contribution in [-0.4, -0.2) is 48.7 Å². The first-order valence-corrected chi connectivity index (χ1v) is 11.5. The molecule has 3 aromatic heterocycles. The van der Waals surface area contributed by atoms with Gasteiger partial charge in [-0.3, -0.25) is 4.98 Å². The Labute approximate surface area is 192 Å². The fourth-order valence-electron chi connectivity index (χ4n) is 4.72. The van der Waals surface area contributed by atoms with E-state index in [0.717, 1.165) is 47.7 Å². The minimum Gasteiger partial charge on any atom is -0.369 e. The van der Waals surface area contributed by atoms with Gasteiger partial charge in [0.25, 0.3) is 0 Å². The molecule has 5 rings (SSSR count). The van der Waals surface area contributed by atoms with Gasteiger partial charge in [0.15, 0.2) is 5.65 Å². The van der Waals surface area contributed by atoms with Crippen molar-refractivity contribution in [3.8, 4) is 22.4 Å². The molecule has 8 nitrogen and oxygen atoms in total. The summed E-state index contributed by atoms with van der Waals surface area (Å²) in [5.41, 5.74) is 11.7. The molecule has 0 unspecified atom stereocenters. The van der Waals surface area contributed by atoms with Crippen molar-refractivity contribution in [2.24, 2.45) is 0 Å². The van der Waals surface area contributed by atoms with E-state index in [-0.39, 0.29) is 11.6 Å². The summed E-state index contributed by atoms with van der Waals surface area (Å²) in [7, 11) is 0. The number of benzene rings is 1. The number of rotatable bonds is 5. The standard InChI is InChI=1S/C25H29N7O/c1-17-15-20(16-18(2)27-17)21-22(19-9-5-3-6-10-19)28-24(26)32-23(21)29-31(25(32)33)14-13-30-11-7-4-8-12-30/h3,5-6,9-10,15-16H,4,7-8,11-14H2,1-2H3,(H2,26,28). The first-order chi connectivity index (χ1) is 16.0. The number of pyridine rings is 1. The summed E-state index contributed by atoms with van der Waals surface area (Å²) in [4.78, 5) is 24.9. The Balaban J connectivity index is 1.70. The minimum atomic E-state index is -0.254. The number of hydrogen-bond acceptors (Lipinski definition) is 6. The number of fused-ring (bicyclic) bond motifs is 1. The molecule has 0 amide bonds. The quantitative estimate of drug-likeness (QED) is 0.509. The van der Waals surface area contributed by atoms with Crippen LogP contribution in [0.5, 0.6) is 0 Å². The first kappa shape index (κ1) is 21.3. The summed E-state index contributed by atoms with van der Waals surface area (Å²) >= 11 is 0. The highest BCUT2D eigenvalue weighted by Crippen LogP contribution is 2.34. The zero-order valence-corrected chi connectivity index (χ0v) is 19.2. The number of hydrogen-bond donors (Lipinski definition) is 1. The highest BCUT2D eigenvalue weighted by molar-refractivity contribution is 5.90.